The van der Waals surface area contributed by atoms with Gasteiger partial charge >= 0.3 is 0 Å². The third-order valence-corrected chi connectivity index (χ3v) is 4.01. The normalized spacial score (nSPS) is 13.7. The van der Waals surface area contributed by atoms with Crippen LogP contribution in [-0.4, -0.2) is 10.5 Å². The zero-order valence-corrected chi connectivity index (χ0v) is 12.7. The molecule has 0 fully saturated rings. The minimum atomic E-state index is -0.158. The van der Waals surface area contributed by atoms with Gasteiger partial charge in [0.05, 0.1) is 11.6 Å². The van der Waals surface area contributed by atoms with Crippen LogP contribution >= 0.6 is 0 Å². The molecule has 3 rings (SSSR count). The minimum Gasteiger partial charge on any atom is -0.345 e. The van der Waals surface area contributed by atoms with Gasteiger partial charge < -0.3 is 9.88 Å². The lowest BCUT2D eigenvalue weighted by atomic mass is 10.0. The molecule has 0 aliphatic heterocycles. The SMILES string of the molecule is CC(NC(=O)c1cn(C)c(=O)c2c1C=CC2)c1ccccc1. The maximum absolute atomic E-state index is 12.6. The maximum atomic E-state index is 12.6. The quantitative estimate of drug-likeness (QED) is 0.945. The van der Waals surface area contributed by atoms with E-state index < -0.39 is 0 Å². The van der Waals surface area contributed by atoms with E-state index in [1.54, 1.807) is 13.2 Å². The van der Waals surface area contributed by atoms with Crippen molar-refractivity contribution < 1.29 is 4.79 Å². The van der Waals surface area contributed by atoms with Gasteiger partial charge in [-0.3, -0.25) is 9.59 Å². The van der Waals surface area contributed by atoms with E-state index in [1.807, 2.05) is 49.4 Å². The van der Waals surface area contributed by atoms with Crippen LogP contribution in [0.4, 0.5) is 0 Å². The highest BCUT2D eigenvalue weighted by Gasteiger charge is 2.21. The van der Waals surface area contributed by atoms with E-state index in [0.717, 1.165) is 11.1 Å². The van der Waals surface area contributed by atoms with E-state index in [-0.39, 0.29) is 17.5 Å². The topological polar surface area (TPSA) is 51.1 Å². The summed E-state index contributed by atoms with van der Waals surface area (Å²) in [5, 5.41) is 3.00. The predicted molar refractivity (Wildman–Crippen MR) is 86.7 cm³/mol. The number of rotatable bonds is 3. The molecule has 1 N–H and O–H groups in total. The van der Waals surface area contributed by atoms with Crippen LogP contribution in [0.3, 0.4) is 0 Å². The van der Waals surface area contributed by atoms with Gasteiger partial charge in [0.2, 0.25) is 0 Å². The number of fused-ring (bicyclic) bond motifs is 1. The molecule has 1 aromatic carbocycles. The molecule has 0 spiro atoms. The van der Waals surface area contributed by atoms with E-state index in [4.69, 9.17) is 0 Å². The van der Waals surface area contributed by atoms with Crippen molar-refractivity contribution in [3.8, 4) is 0 Å². The van der Waals surface area contributed by atoms with Crippen molar-refractivity contribution in [2.75, 3.05) is 0 Å². The Labute approximate surface area is 129 Å². The van der Waals surface area contributed by atoms with Crippen molar-refractivity contribution >= 4 is 12.0 Å². The predicted octanol–water partition coefficient (Wildman–Crippen LogP) is 2.45. The summed E-state index contributed by atoms with van der Waals surface area (Å²) >= 11 is 0. The first-order valence-corrected chi connectivity index (χ1v) is 7.33. The van der Waals surface area contributed by atoms with Crippen LogP contribution in [0.5, 0.6) is 0 Å². The van der Waals surface area contributed by atoms with E-state index >= 15 is 0 Å². The molecule has 0 saturated heterocycles. The van der Waals surface area contributed by atoms with Gasteiger partial charge in [0.15, 0.2) is 0 Å². The van der Waals surface area contributed by atoms with Gasteiger partial charge in [0, 0.05) is 18.8 Å². The molecule has 1 aliphatic carbocycles. The fraction of sp³-hybridized carbons (Fsp3) is 0.222. The fourth-order valence-electron chi connectivity index (χ4n) is 2.78. The molecule has 1 amide bonds. The molecule has 2 aromatic rings. The lowest BCUT2D eigenvalue weighted by Crippen LogP contribution is -2.30. The fourth-order valence-corrected chi connectivity index (χ4v) is 2.78. The second-order valence-corrected chi connectivity index (χ2v) is 5.56. The van der Waals surface area contributed by atoms with E-state index in [0.29, 0.717) is 17.5 Å². The Balaban J connectivity index is 1.91. The number of nitrogens with one attached hydrogen (secondary N) is 1. The summed E-state index contributed by atoms with van der Waals surface area (Å²) in [6.45, 7) is 1.95. The van der Waals surface area contributed by atoms with Gasteiger partial charge in [-0.15, -0.1) is 0 Å². The molecular formula is C18H18N2O2. The number of aromatic nitrogens is 1. The number of hydrogen-bond acceptors (Lipinski definition) is 2. The van der Waals surface area contributed by atoms with Crippen LogP contribution in [-0.2, 0) is 13.5 Å². The van der Waals surface area contributed by atoms with E-state index in [2.05, 4.69) is 5.32 Å². The monoisotopic (exact) mass is 294 g/mol. The summed E-state index contributed by atoms with van der Waals surface area (Å²) in [5.74, 6) is -0.158. The van der Waals surface area contributed by atoms with Gasteiger partial charge in [-0.05, 0) is 24.5 Å². The van der Waals surface area contributed by atoms with Crippen LogP contribution in [0.1, 0.15) is 40.0 Å². The summed E-state index contributed by atoms with van der Waals surface area (Å²) in [5.41, 5.74) is 3.01. The molecule has 112 valence electrons. The molecule has 0 bridgehead atoms. The number of pyridine rings is 1. The Morgan fingerprint density at radius 1 is 1.27 bits per heavy atom. The number of benzene rings is 1. The number of carbonyl (C=O) groups excluding carboxylic acids is 1. The maximum Gasteiger partial charge on any atom is 0.254 e. The average Bonchev–Trinajstić information content (AvgIpc) is 3.01. The lowest BCUT2D eigenvalue weighted by molar-refractivity contribution is 0.0939. The van der Waals surface area contributed by atoms with Gasteiger partial charge in [0.1, 0.15) is 0 Å². The Morgan fingerprint density at radius 3 is 2.73 bits per heavy atom. The molecule has 0 saturated carbocycles. The van der Waals surface area contributed by atoms with Crippen molar-refractivity contribution in [3.63, 3.8) is 0 Å². The standard InChI is InChI=1S/C18H18N2O2/c1-12(13-7-4-3-5-8-13)19-17(21)16-11-20(2)18(22)15-10-6-9-14(15)16/h3-9,11-12H,10H2,1-2H3,(H,19,21). The Bertz CT molecular complexity index is 804. The lowest BCUT2D eigenvalue weighted by Gasteiger charge is -2.16. The number of amides is 1. The van der Waals surface area contributed by atoms with Crippen LogP contribution in [0.2, 0.25) is 0 Å². The molecular weight excluding hydrogens is 276 g/mol. The Kier molecular flexibility index (Phi) is 3.67. The molecule has 4 nitrogen and oxygen atoms in total. The summed E-state index contributed by atoms with van der Waals surface area (Å²) in [6.07, 6.45) is 5.99. The van der Waals surface area contributed by atoms with Gasteiger partial charge in [-0.25, -0.2) is 0 Å². The molecule has 1 heterocycles. The molecule has 0 radical (unpaired) electrons. The largest absolute Gasteiger partial charge is 0.345 e. The molecule has 1 unspecified atom stereocenters. The second kappa shape index (κ2) is 5.64. The van der Waals surface area contributed by atoms with Crippen molar-refractivity contribution in [3.05, 3.63) is 75.2 Å². The third-order valence-electron chi connectivity index (χ3n) is 4.01. The molecule has 1 atom stereocenters. The van der Waals surface area contributed by atoms with Crippen molar-refractivity contribution in [2.45, 2.75) is 19.4 Å². The summed E-state index contributed by atoms with van der Waals surface area (Å²) in [7, 11) is 1.68. The summed E-state index contributed by atoms with van der Waals surface area (Å²) in [4.78, 5) is 24.7. The van der Waals surface area contributed by atoms with Crippen LogP contribution in [0.15, 0.2) is 47.4 Å². The van der Waals surface area contributed by atoms with E-state index in [9.17, 15) is 9.59 Å². The number of aryl methyl sites for hydroxylation is 1. The van der Waals surface area contributed by atoms with Crippen molar-refractivity contribution in [2.24, 2.45) is 7.05 Å². The van der Waals surface area contributed by atoms with Crippen molar-refractivity contribution in [1.29, 1.82) is 0 Å². The molecule has 4 heteroatoms. The smallest absolute Gasteiger partial charge is 0.254 e. The molecule has 22 heavy (non-hydrogen) atoms. The van der Waals surface area contributed by atoms with Gasteiger partial charge in [-0.2, -0.15) is 0 Å². The third kappa shape index (κ3) is 2.48. The van der Waals surface area contributed by atoms with E-state index in [1.165, 1.54) is 4.57 Å². The number of carbonyl (C=O) groups is 1. The first kappa shape index (κ1) is 14.3. The van der Waals surface area contributed by atoms with Crippen LogP contribution in [0.25, 0.3) is 6.08 Å². The zero-order chi connectivity index (χ0) is 15.7. The highest BCUT2D eigenvalue weighted by Crippen LogP contribution is 2.21. The number of nitrogens with zero attached hydrogens (tertiary/aromatic N) is 1. The minimum absolute atomic E-state index is 0.0346. The Hall–Kier alpha value is -2.62. The first-order chi connectivity index (χ1) is 10.6. The van der Waals surface area contributed by atoms with Crippen LogP contribution in [0, 0.1) is 0 Å². The average molecular weight is 294 g/mol. The van der Waals surface area contributed by atoms with Crippen LogP contribution < -0.4 is 10.9 Å². The van der Waals surface area contributed by atoms with Crippen molar-refractivity contribution in [1.82, 2.24) is 9.88 Å². The highest BCUT2D eigenvalue weighted by molar-refractivity contribution is 5.98. The second-order valence-electron chi connectivity index (χ2n) is 5.56. The van der Waals surface area contributed by atoms with Gasteiger partial charge in [0.25, 0.3) is 11.5 Å². The molecule has 1 aromatic heterocycles. The number of allylic oxidation sites excluding steroid dienone is 1. The first-order valence-electron chi connectivity index (χ1n) is 7.33. The van der Waals surface area contributed by atoms with Gasteiger partial charge in [-0.1, -0.05) is 42.5 Å². The Morgan fingerprint density at radius 2 is 2.00 bits per heavy atom. The summed E-state index contributed by atoms with van der Waals surface area (Å²) < 4.78 is 1.48. The zero-order valence-electron chi connectivity index (χ0n) is 12.7. The number of hydrogen-bond donors (Lipinski definition) is 1. The summed E-state index contributed by atoms with van der Waals surface area (Å²) in [6, 6.07) is 9.72. The molecule has 1 aliphatic rings. The highest BCUT2D eigenvalue weighted by atomic mass is 16.2.